The molecule has 0 aliphatic heterocycles. The number of para-hydroxylation sites is 1. The second-order valence-electron chi connectivity index (χ2n) is 11.7. The third-order valence-corrected chi connectivity index (χ3v) is 11.5. The molecule has 10 aromatic rings. The van der Waals surface area contributed by atoms with Crippen molar-refractivity contribution in [2.75, 3.05) is 0 Å². The van der Waals surface area contributed by atoms with Gasteiger partial charge < -0.3 is 4.57 Å². The van der Waals surface area contributed by atoms with Crippen LogP contribution >= 0.6 is 22.7 Å². The van der Waals surface area contributed by atoms with Crippen LogP contribution in [0.3, 0.4) is 0 Å². The molecule has 3 heterocycles. The predicted octanol–water partition coefficient (Wildman–Crippen LogP) is 12.9. The Morgan fingerprint density at radius 3 is 1.80 bits per heavy atom. The monoisotopic (exact) mass is 607 g/mol. The Labute approximate surface area is 267 Å². The molecule has 7 aromatic carbocycles. The van der Waals surface area contributed by atoms with Gasteiger partial charge in [-0.15, -0.1) is 22.7 Å². The van der Waals surface area contributed by atoms with Crippen LogP contribution in [0.1, 0.15) is 0 Å². The van der Waals surface area contributed by atoms with Crippen LogP contribution in [0.25, 0.3) is 90.1 Å². The highest BCUT2D eigenvalue weighted by atomic mass is 32.1. The zero-order valence-electron chi connectivity index (χ0n) is 24.2. The molecule has 0 radical (unpaired) electrons. The van der Waals surface area contributed by atoms with E-state index >= 15 is 0 Å². The van der Waals surface area contributed by atoms with Gasteiger partial charge >= 0.3 is 0 Å². The van der Waals surface area contributed by atoms with Crippen molar-refractivity contribution < 1.29 is 0 Å². The number of hydrogen-bond acceptors (Lipinski definition) is 2. The minimum atomic E-state index is 1.17. The SMILES string of the molecule is c1ccc(-c2ccc(-n3c4ccccc4c4c(-c5ccc6sc7ccccc7c6c5)cc5sc6ccccc6c5c43)cc2)cc1. The van der Waals surface area contributed by atoms with Gasteiger partial charge in [0.1, 0.15) is 0 Å². The lowest BCUT2D eigenvalue weighted by Crippen LogP contribution is -1.94. The fourth-order valence-electron chi connectivity index (χ4n) is 7.19. The molecule has 0 spiro atoms. The van der Waals surface area contributed by atoms with E-state index in [0.717, 1.165) is 0 Å². The largest absolute Gasteiger partial charge is 0.309 e. The molecule has 0 atom stereocenters. The molecule has 0 aliphatic carbocycles. The van der Waals surface area contributed by atoms with Crippen LogP contribution < -0.4 is 0 Å². The maximum absolute atomic E-state index is 2.50. The van der Waals surface area contributed by atoms with E-state index in [2.05, 4.69) is 156 Å². The van der Waals surface area contributed by atoms with Crippen molar-refractivity contribution in [2.24, 2.45) is 0 Å². The molecule has 3 aromatic heterocycles. The summed E-state index contributed by atoms with van der Waals surface area (Å²) in [7, 11) is 0. The third-order valence-electron chi connectivity index (χ3n) is 9.20. The normalized spacial score (nSPS) is 12.0. The molecule has 0 aliphatic rings. The van der Waals surface area contributed by atoms with E-state index < -0.39 is 0 Å². The summed E-state index contributed by atoms with van der Waals surface area (Å²) in [5.41, 5.74) is 8.69. The lowest BCUT2D eigenvalue weighted by atomic mass is 9.96. The second-order valence-corrected chi connectivity index (χ2v) is 13.9. The summed E-state index contributed by atoms with van der Waals surface area (Å²) in [5.74, 6) is 0. The number of fused-ring (bicyclic) bond motifs is 10. The minimum Gasteiger partial charge on any atom is -0.309 e. The Bertz CT molecular complexity index is 2740. The highest BCUT2D eigenvalue weighted by Gasteiger charge is 2.22. The zero-order valence-corrected chi connectivity index (χ0v) is 25.8. The zero-order chi connectivity index (χ0) is 29.5. The first kappa shape index (κ1) is 25.1. The number of hydrogen-bond donors (Lipinski definition) is 0. The number of benzene rings is 7. The van der Waals surface area contributed by atoms with E-state index in [0.29, 0.717) is 0 Å². The molecule has 0 saturated heterocycles. The van der Waals surface area contributed by atoms with Crippen LogP contribution in [0.15, 0.2) is 152 Å². The molecule has 1 nitrogen and oxygen atoms in total. The average molecular weight is 608 g/mol. The fraction of sp³-hybridized carbons (Fsp3) is 0. The van der Waals surface area contributed by atoms with Crippen LogP contribution in [0.5, 0.6) is 0 Å². The summed E-state index contributed by atoms with van der Waals surface area (Å²) in [4.78, 5) is 0. The van der Waals surface area contributed by atoms with Crippen LogP contribution in [-0.2, 0) is 0 Å². The van der Waals surface area contributed by atoms with E-state index in [4.69, 9.17) is 0 Å². The molecule has 0 amide bonds. The van der Waals surface area contributed by atoms with Crippen molar-refractivity contribution in [3.05, 3.63) is 152 Å². The predicted molar refractivity (Wildman–Crippen MR) is 197 cm³/mol. The van der Waals surface area contributed by atoms with E-state index in [9.17, 15) is 0 Å². The quantitative estimate of drug-likeness (QED) is 0.188. The maximum atomic E-state index is 2.50. The van der Waals surface area contributed by atoms with Gasteiger partial charge in [-0.05, 0) is 70.8 Å². The van der Waals surface area contributed by atoms with Gasteiger partial charge in [-0.2, -0.15) is 0 Å². The van der Waals surface area contributed by atoms with E-state index in [1.54, 1.807) is 0 Å². The molecular weight excluding hydrogens is 583 g/mol. The lowest BCUT2D eigenvalue weighted by molar-refractivity contribution is 1.19. The van der Waals surface area contributed by atoms with Crippen molar-refractivity contribution in [1.82, 2.24) is 4.57 Å². The molecule has 0 saturated carbocycles. The van der Waals surface area contributed by atoms with Crippen LogP contribution in [0, 0.1) is 0 Å². The summed E-state index contributed by atoms with van der Waals surface area (Å²) < 4.78 is 7.81. The van der Waals surface area contributed by atoms with E-state index in [-0.39, 0.29) is 0 Å². The first-order valence-electron chi connectivity index (χ1n) is 15.3. The third kappa shape index (κ3) is 3.72. The van der Waals surface area contributed by atoms with Gasteiger partial charge in [-0.25, -0.2) is 0 Å². The summed E-state index contributed by atoms with van der Waals surface area (Å²) in [6.45, 7) is 0. The molecule has 0 N–H and O–H groups in total. The first-order valence-corrected chi connectivity index (χ1v) is 16.9. The molecule has 10 rings (SSSR count). The van der Waals surface area contributed by atoms with E-state index in [1.165, 1.54) is 90.1 Å². The molecule has 0 unspecified atom stereocenters. The van der Waals surface area contributed by atoms with Gasteiger partial charge in [-0.1, -0.05) is 103 Å². The van der Waals surface area contributed by atoms with Crippen LogP contribution in [0.4, 0.5) is 0 Å². The van der Waals surface area contributed by atoms with Gasteiger partial charge in [0.05, 0.1) is 11.0 Å². The first-order chi connectivity index (χ1) is 22.3. The summed E-state index contributed by atoms with van der Waals surface area (Å²) in [6.07, 6.45) is 0. The Morgan fingerprint density at radius 1 is 0.378 bits per heavy atom. The number of nitrogens with zero attached hydrogens (tertiary/aromatic N) is 1. The van der Waals surface area contributed by atoms with Crippen molar-refractivity contribution >= 4 is 84.8 Å². The second kappa shape index (κ2) is 9.64. The Hall–Kier alpha value is -5.22. The highest BCUT2D eigenvalue weighted by molar-refractivity contribution is 7.26. The Balaban J connectivity index is 1.34. The standard InChI is InChI=1S/C42H25NS2/c1-2-10-26(11-3-1)27-18-21-29(22-19-27)43-35-15-7-4-13-31(35)40-33(25-39-41(42(40)43)32-14-6-9-17-37(32)45-39)28-20-23-38-34(24-28)30-12-5-8-16-36(30)44-38/h1-25H. The van der Waals surface area contributed by atoms with Gasteiger partial charge in [0, 0.05) is 56.8 Å². The molecule has 3 heteroatoms. The Kier molecular flexibility index (Phi) is 5.39. The van der Waals surface area contributed by atoms with Crippen molar-refractivity contribution in [3.8, 4) is 27.9 Å². The summed E-state index contributed by atoms with van der Waals surface area (Å²) in [5, 5.41) is 7.91. The number of thiophene rings is 2. The van der Waals surface area contributed by atoms with Gasteiger partial charge in [0.15, 0.2) is 0 Å². The van der Waals surface area contributed by atoms with Gasteiger partial charge in [0.2, 0.25) is 0 Å². The van der Waals surface area contributed by atoms with Crippen molar-refractivity contribution in [1.29, 1.82) is 0 Å². The van der Waals surface area contributed by atoms with Gasteiger partial charge in [-0.3, -0.25) is 0 Å². The molecule has 210 valence electrons. The molecular formula is C42H25NS2. The molecule has 45 heavy (non-hydrogen) atoms. The van der Waals surface area contributed by atoms with Gasteiger partial charge in [0.25, 0.3) is 0 Å². The maximum Gasteiger partial charge on any atom is 0.0640 e. The van der Waals surface area contributed by atoms with Crippen molar-refractivity contribution in [2.45, 2.75) is 0 Å². The number of aromatic nitrogens is 1. The topological polar surface area (TPSA) is 4.93 Å². The smallest absolute Gasteiger partial charge is 0.0640 e. The summed E-state index contributed by atoms with van der Waals surface area (Å²) >= 11 is 3.77. The van der Waals surface area contributed by atoms with E-state index in [1.807, 2.05) is 22.7 Å². The Morgan fingerprint density at radius 2 is 0.978 bits per heavy atom. The van der Waals surface area contributed by atoms with Crippen LogP contribution in [-0.4, -0.2) is 4.57 Å². The van der Waals surface area contributed by atoms with Crippen LogP contribution in [0.2, 0.25) is 0 Å². The summed E-state index contributed by atoms with van der Waals surface area (Å²) in [6, 6.07) is 55.8. The molecule has 0 fully saturated rings. The minimum absolute atomic E-state index is 1.17. The lowest BCUT2D eigenvalue weighted by Gasteiger charge is -2.12. The number of rotatable bonds is 3. The van der Waals surface area contributed by atoms with Crippen molar-refractivity contribution in [3.63, 3.8) is 0 Å². The highest BCUT2D eigenvalue weighted by Crippen LogP contribution is 2.48. The average Bonchev–Trinajstić information content (AvgIpc) is 3.77. The molecule has 0 bridgehead atoms. The fourth-order valence-corrected chi connectivity index (χ4v) is 9.42.